The highest BCUT2D eigenvalue weighted by Gasteiger charge is 2.38. The number of nitrogens with zero attached hydrogens (tertiary/aromatic N) is 4. The molecule has 11 heteroatoms. The van der Waals surface area contributed by atoms with Gasteiger partial charge in [-0.15, -0.1) is 0 Å². The van der Waals surface area contributed by atoms with Crippen LogP contribution in [0.4, 0.5) is 13.2 Å². The van der Waals surface area contributed by atoms with Crippen LogP contribution in [0, 0.1) is 0 Å². The molecule has 1 aromatic heterocycles. The van der Waals surface area contributed by atoms with Crippen molar-refractivity contribution in [1.82, 2.24) is 19.6 Å². The van der Waals surface area contributed by atoms with E-state index >= 15 is 0 Å². The fourth-order valence-corrected chi connectivity index (χ4v) is 2.25. The largest absolute Gasteiger partial charge is 0.490 e. The van der Waals surface area contributed by atoms with Gasteiger partial charge in [0.2, 0.25) is 0 Å². The van der Waals surface area contributed by atoms with Crippen LogP contribution in [0.1, 0.15) is 5.56 Å². The third-order valence-electron chi connectivity index (χ3n) is 3.59. The van der Waals surface area contributed by atoms with Gasteiger partial charge in [0.15, 0.2) is 0 Å². The predicted octanol–water partition coefficient (Wildman–Crippen LogP) is 0.812. The highest BCUT2D eigenvalue weighted by atomic mass is 19.4. The zero-order valence-corrected chi connectivity index (χ0v) is 14.2. The molecule has 0 spiro atoms. The Balaban J connectivity index is 0.000000412. The summed E-state index contributed by atoms with van der Waals surface area (Å²) >= 11 is 0. The maximum atomic E-state index is 10.7. The molecule has 0 aromatic carbocycles. The van der Waals surface area contributed by atoms with E-state index in [1.165, 1.54) is 5.56 Å². The second-order valence-electron chi connectivity index (χ2n) is 5.79. The van der Waals surface area contributed by atoms with E-state index in [9.17, 15) is 18.0 Å². The van der Waals surface area contributed by atoms with Crippen LogP contribution in [0.25, 0.3) is 0 Å². The van der Waals surface area contributed by atoms with E-state index < -0.39 is 18.1 Å². The van der Waals surface area contributed by atoms with Crippen molar-refractivity contribution in [2.45, 2.75) is 12.7 Å². The minimum Gasteiger partial charge on any atom is -0.478 e. The molecule has 1 fully saturated rings. The zero-order chi connectivity index (χ0) is 19.9. The van der Waals surface area contributed by atoms with Crippen LogP contribution >= 0.6 is 0 Å². The molecule has 0 radical (unpaired) electrons. The first-order valence-electron chi connectivity index (χ1n) is 7.62. The number of piperazine rings is 1. The molecule has 0 unspecified atom stereocenters. The molecular weight excluding hydrogens is 357 g/mol. The summed E-state index contributed by atoms with van der Waals surface area (Å²) in [6.07, 6.45) is -1.17. The number of hydrogen-bond donors (Lipinski definition) is 2. The Labute approximate surface area is 148 Å². The number of hydrogen-bond acceptors (Lipinski definition) is 5. The number of aryl methyl sites for hydroxylation is 1. The Hall–Kier alpha value is -2.40. The highest BCUT2D eigenvalue weighted by Crippen LogP contribution is 2.13. The van der Waals surface area contributed by atoms with Gasteiger partial charge in [0.1, 0.15) is 0 Å². The Kier molecular flexibility index (Phi) is 7.77. The van der Waals surface area contributed by atoms with Crippen molar-refractivity contribution in [2.24, 2.45) is 7.05 Å². The monoisotopic (exact) mass is 378 g/mol. The first kappa shape index (κ1) is 21.6. The first-order chi connectivity index (χ1) is 12.0. The topological polar surface area (TPSA) is 98.9 Å². The van der Waals surface area contributed by atoms with Crippen LogP contribution in [-0.4, -0.2) is 80.6 Å². The van der Waals surface area contributed by atoms with Crippen LogP contribution in [0.15, 0.2) is 24.5 Å². The summed E-state index contributed by atoms with van der Waals surface area (Å²) in [5, 5.41) is 20.1. The lowest BCUT2D eigenvalue weighted by molar-refractivity contribution is -0.192. The van der Waals surface area contributed by atoms with Gasteiger partial charge in [0, 0.05) is 63.6 Å². The number of rotatable bonds is 5. The lowest BCUT2D eigenvalue weighted by atomic mass is 10.2. The van der Waals surface area contributed by atoms with Gasteiger partial charge in [-0.05, 0) is 0 Å². The van der Waals surface area contributed by atoms with Gasteiger partial charge in [0.05, 0.1) is 6.20 Å². The lowest BCUT2D eigenvalue weighted by Gasteiger charge is -2.34. The number of alkyl halides is 3. The molecule has 26 heavy (non-hydrogen) atoms. The first-order valence-corrected chi connectivity index (χ1v) is 7.62. The van der Waals surface area contributed by atoms with Gasteiger partial charge in [-0.1, -0.05) is 6.58 Å². The fraction of sp³-hybridized carbons (Fsp3) is 0.533. The Morgan fingerprint density at radius 1 is 1.19 bits per heavy atom. The third-order valence-corrected chi connectivity index (χ3v) is 3.59. The van der Waals surface area contributed by atoms with E-state index in [0.29, 0.717) is 6.54 Å². The second kappa shape index (κ2) is 9.34. The maximum absolute atomic E-state index is 10.7. The standard InChI is InChI=1S/C13H20N4O2.C2HF3O2/c1-11(13(18)19)8-16-3-5-17(6-4-16)10-12-7-14-15(2)9-12;3-2(4,5)1(6)7/h7,9H,1,3-6,8,10H2,2H3,(H,18,19);(H,6,7). The van der Waals surface area contributed by atoms with Gasteiger partial charge >= 0.3 is 18.1 Å². The Bertz CT molecular complexity index is 637. The Morgan fingerprint density at radius 3 is 2.08 bits per heavy atom. The van der Waals surface area contributed by atoms with Crippen LogP contribution < -0.4 is 0 Å². The molecular formula is C15H21F3N4O4. The van der Waals surface area contributed by atoms with Crippen LogP contribution in [0.2, 0.25) is 0 Å². The molecule has 2 heterocycles. The van der Waals surface area contributed by atoms with Gasteiger partial charge < -0.3 is 10.2 Å². The number of carboxylic acid groups (broad SMARTS) is 2. The van der Waals surface area contributed by atoms with E-state index in [-0.39, 0.29) is 5.57 Å². The summed E-state index contributed by atoms with van der Waals surface area (Å²) in [5.74, 6) is -3.66. The van der Waals surface area contributed by atoms with Gasteiger partial charge in [0.25, 0.3) is 0 Å². The van der Waals surface area contributed by atoms with Crippen molar-refractivity contribution in [1.29, 1.82) is 0 Å². The summed E-state index contributed by atoms with van der Waals surface area (Å²) in [7, 11) is 1.92. The number of halogens is 3. The minimum atomic E-state index is -5.08. The number of carbonyl (C=O) groups is 2. The van der Waals surface area contributed by atoms with Crippen molar-refractivity contribution in [3.05, 3.63) is 30.1 Å². The Morgan fingerprint density at radius 2 is 1.69 bits per heavy atom. The van der Waals surface area contributed by atoms with E-state index in [1.54, 1.807) is 0 Å². The van der Waals surface area contributed by atoms with E-state index in [4.69, 9.17) is 15.0 Å². The molecule has 2 N–H and O–H groups in total. The summed E-state index contributed by atoms with van der Waals surface area (Å²) in [6.45, 7) is 8.59. The molecule has 0 aliphatic carbocycles. The van der Waals surface area contributed by atoms with E-state index in [2.05, 4.69) is 21.5 Å². The average molecular weight is 378 g/mol. The van der Waals surface area contributed by atoms with Crippen LogP contribution in [0.3, 0.4) is 0 Å². The average Bonchev–Trinajstić information content (AvgIpc) is 2.94. The predicted molar refractivity (Wildman–Crippen MR) is 85.4 cm³/mol. The quantitative estimate of drug-likeness (QED) is 0.732. The molecule has 146 valence electrons. The van der Waals surface area contributed by atoms with Crippen molar-refractivity contribution < 1.29 is 33.0 Å². The summed E-state index contributed by atoms with van der Waals surface area (Å²) in [4.78, 5) is 24.1. The summed E-state index contributed by atoms with van der Waals surface area (Å²) in [6, 6.07) is 0. The number of carboxylic acids is 2. The maximum Gasteiger partial charge on any atom is 0.490 e. The lowest BCUT2D eigenvalue weighted by Crippen LogP contribution is -2.46. The molecule has 1 aromatic rings. The molecule has 1 aliphatic rings. The number of aromatic nitrogens is 2. The fourth-order valence-electron chi connectivity index (χ4n) is 2.25. The number of aliphatic carboxylic acids is 2. The minimum absolute atomic E-state index is 0.265. The molecule has 0 saturated carbocycles. The van der Waals surface area contributed by atoms with Gasteiger partial charge in [-0.25, -0.2) is 9.59 Å². The van der Waals surface area contributed by atoms with Crippen molar-refractivity contribution >= 4 is 11.9 Å². The molecule has 0 atom stereocenters. The zero-order valence-electron chi connectivity index (χ0n) is 14.2. The molecule has 0 bridgehead atoms. The van der Waals surface area contributed by atoms with E-state index in [0.717, 1.165) is 32.7 Å². The SMILES string of the molecule is C=C(CN1CCN(Cc2cnn(C)c2)CC1)C(=O)O.O=C(O)C(F)(F)F. The van der Waals surface area contributed by atoms with E-state index in [1.807, 2.05) is 24.1 Å². The third kappa shape index (κ3) is 7.66. The van der Waals surface area contributed by atoms with Gasteiger partial charge in [-0.2, -0.15) is 18.3 Å². The summed E-state index contributed by atoms with van der Waals surface area (Å²) in [5.41, 5.74) is 1.48. The van der Waals surface area contributed by atoms with Gasteiger partial charge in [-0.3, -0.25) is 14.5 Å². The highest BCUT2D eigenvalue weighted by molar-refractivity contribution is 5.86. The van der Waals surface area contributed by atoms with Crippen molar-refractivity contribution in [2.75, 3.05) is 32.7 Å². The van der Waals surface area contributed by atoms with Crippen LogP contribution in [-0.2, 0) is 23.2 Å². The normalized spacial score (nSPS) is 15.8. The van der Waals surface area contributed by atoms with Crippen LogP contribution in [0.5, 0.6) is 0 Å². The molecule has 1 saturated heterocycles. The molecule has 1 aliphatic heterocycles. The molecule has 0 amide bonds. The molecule has 8 nitrogen and oxygen atoms in total. The molecule has 2 rings (SSSR count). The van der Waals surface area contributed by atoms with Crippen molar-refractivity contribution in [3.8, 4) is 0 Å². The second-order valence-corrected chi connectivity index (χ2v) is 5.79. The van der Waals surface area contributed by atoms with Crippen molar-refractivity contribution in [3.63, 3.8) is 0 Å². The summed E-state index contributed by atoms with van der Waals surface area (Å²) < 4.78 is 33.5. The smallest absolute Gasteiger partial charge is 0.478 e.